The van der Waals surface area contributed by atoms with E-state index in [0.29, 0.717) is 6.04 Å². The average molecular weight is 257 g/mol. The smallest absolute Gasteiger partial charge is 0.142 e. The second kappa shape index (κ2) is 5.35. The summed E-state index contributed by atoms with van der Waals surface area (Å²) in [7, 11) is 2.10. The molecule has 0 saturated carbocycles. The summed E-state index contributed by atoms with van der Waals surface area (Å²) >= 11 is 3.52. The minimum absolute atomic E-state index is 0.571. The molecule has 0 N–H and O–H groups in total. The van der Waals surface area contributed by atoms with Gasteiger partial charge in [-0.2, -0.15) is 0 Å². The van der Waals surface area contributed by atoms with Crippen LogP contribution < -0.4 is 4.90 Å². The topological polar surface area (TPSA) is 16.1 Å². The normalized spacial score (nSPS) is 10.6. The number of anilines is 1. The van der Waals surface area contributed by atoms with Crippen LogP contribution in [-0.2, 0) is 0 Å². The Balaban J connectivity index is 2.88. The van der Waals surface area contributed by atoms with Gasteiger partial charge in [0.25, 0.3) is 0 Å². The van der Waals surface area contributed by atoms with Gasteiger partial charge in [0, 0.05) is 19.3 Å². The zero-order chi connectivity index (χ0) is 10.6. The molecule has 2 nitrogen and oxygen atoms in total. The molecule has 0 atom stereocenters. The Bertz CT molecular complexity index is 284. The Morgan fingerprint density at radius 3 is 2.57 bits per heavy atom. The maximum atomic E-state index is 4.37. The molecule has 1 heterocycles. The molecule has 0 aliphatic rings. The van der Waals surface area contributed by atoms with Crippen molar-refractivity contribution in [2.45, 2.75) is 32.7 Å². The zero-order valence-electron chi connectivity index (χ0n) is 9.00. The van der Waals surface area contributed by atoms with Gasteiger partial charge in [0.1, 0.15) is 5.82 Å². The van der Waals surface area contributed by atoms with Gasteiger partial charge in [-0.1, -0.05) is 13.8 Å². The van der Waals surface area contributed by atoms with Gasteiger partial charge in [0.2, 0.25) is 0 Å². The fourth-order valence-corrected chi connectivity index (χ4v) is 2.18. The molecule has 14 heavy (non-hydrogen) atoms. The van der Waals surface area contributed by atoms with Crippen LogP contribution in [0.1, 0.15) is 26.7 Å². The highest BCUT2D eigenvalue weighted by molar-refractivity contribution is 9.10. The fraction of sp³-hybridized carbons (Fsp3) is 0.545. The summed E-state index contributed by atoms with van der Waals surface area (Å²) in [6.07, 6.45) is 4.13. The summed E-state index contributed by atoms with van der Waals surface area (Å²) < 4.78 is 1.06. The average Bonchev–Trinajstić information content (AvgIpc) is 2.20. The summed E-state index contributed by atoms with van der Waals surface area (Å²) in [5.74, 6) is 1.03. The van der Waals surface area contributed by atoms with Crippen LogP contribution >= 0.6 is 15.9 Å². The minimum atomic E-state index is 0.571. The van der Waals surface area contributed by atoms with Gasteiger partial charge in [0.15, 0.2) is 0 Å². The van der Waals surface area contributed by atoms with Crippen LogP contribution in [0, 0.1) is 0 Å². The zero-order valence-corrected chi connectivity index (χ0v) is 10.6. The van der Waals surface area contributed by atoms with Gasteiger partial charge in [-0.05, 0) is 40.9 Å². The van der Waals surface area contributed by atoms with E-state index in [1.54, 1.807) is 0 Å². The third-order valence-electron chi connectivity index (χ3n) is 2.56. The van der Waals surface area contributed by atoms with Crippen molar-refractivity contribution < 1.29 is 0 Å². The number of nitrogens with zero attached hydrogens (tertiary/aromatic N) is 2. The third kappa shape index (κ3) is 2.47. The Kier molecular flexibility index (Phi) is 4.39. The summed E-state index contributed by atoms with van der Waals surface area (Å²) in [5.41, 5.74) is 0. The molecule has 0 unspecified atom stereocenters. The molecular weight excluding hydrogens is 240 g/mol. The number of pyridine rings is 1. The van der Waals surface area contributed by atoms with Crippen LogP contribution in [0.3, 0.4) is 0 Å². The lowest BCUT2D eigenvalue weighted by Crippen LogP contribution is -2.31. The van der Waals surface area contributed by atoms with Crippen LogP contribution in [-0.4, -0.2) is 18.1 Å². The van der Waals surface area contributed by atoms with Crippen molar-refractivity contribution in [1.82, 2.24) is 4.98 Å². The summed E-state index contributed by atoms with van der Waals surface area (Å²) in [6.45, 7) is 4.42. The monoisotopic (exact) mass is 256 g/mol. The second-order valence-electron chi connectivity index (χ2n) is 3.39. The summed E-state index contributed by atoms with van der Waals surface area (Å²) in [4.78, 5) is 6.61. The van der Waals surface area contributed by atoms with Gasteiger partial charge in [0.05, 0.1) is 4.47 Å². The standard InChI is InChI=1S/C11H17BrN2/c1-4-9(5-2)14(3)11-10(12)7-6-8-13-11/h6-9H,4-5H2,1-3H3. The molecule has 1 aromatic heterocycles. The van der Waals surface area contributed by atoms with E-state index in [-0.39, 0.29) is 0 Å². The van der Waals surface area contributed by atoms with Crippen molar-refractivity contribution in [3.63, 3.8) is 0 Å². The van der Waals surface area contributed by atoms with Crippen LogP contribution in [0.25, 0.3) is 0 Å². The third-order valence-corrected chi connectivity index (χ3v) is 3.18. The molecule has 0 aliphatic heterocycles. The molecule has 0 aliphatic carbocycles. The molecule has 0 radical (unpaired) electrons. The maximum Gasteiger partial charge on any atom is 0.142 e. The van der Waals surface area contributed by atoms with E-state index in [9.17, 15) is 0 Å². The quantitative estimate of drug-likeness (QED) is 0.821. The van der Waals surface area contributed by atoms with Gasteiger partial charge < -0.3 is 4.90 Å². The molecular formula is C11H17BrN2. The first-order valence-electron chi connectivity index (χ1n) is 5.04. The SMILES string of the molecule is CCC(CC)N(C)c1ncccc1Br. The molecule has 1 rings (SSSR count). The second-order valence-corrected chi connectivity index (χ2v) is 4.24. The molecule has 0 amide bonds. The number of hydrogen-bond donors (Lipinski definition) is 0. The van der Waals surface area contributed by atoms with E-state index in [0.717, 1.165) is 23.1 Å². The van der Waals surface area contributed by atoms with Crippen molar-refractivity contribution in [3.05, 3.63) is 22.8 Å². The van der Waals surface area contributed by atoms with Crippen LogP contribution in [0.5, 0.6) is 0 Å². The molecule has 0 bridgehead atoms. The lowest BCUT2D eigenvalue weighted by atomic mass is 10.1. The lowest BCUT2D eigenvalue weighted by Gasteiger charge is -2.27. The van der Waals surface area contributed by atoms with E-state index in [1.807, 2.05) is 18.3 Å². The Hall–Kier alpha value is -0.570. The number of rotatable bonds is 4. The van der Waals surface area contributed by atoms with E-state index in [1.165, 1.54) is 0 Å². The first-order valence-corrected chi connectivity index (χ1v) is 5.83. The van der Waals surface area contributed by atoms with Crippen LogP contribution in [0.2, 0.25) is 0 Å². The first kappa shape index (κ1) is 11.5. The van der Waals surface area contributed by atoms with Crippen LogP contribution in [0.15, 0.2) is 22.8 Å². The Labute approximate surface area is 94.5 Å². The van der Waals surface area contributed by atoms with Gasteiger partial charge in [-0.15, -0.1) is 0 Å². The molecule has 0 saturated heterocycles. The van der Waals surface area contributed by atoms with E-state index < -0.39 is 0 Å². The van der Waals surface area contributed by atoms with Gasteiger partial charge in [-0.3, -0.25) is 0 Å². The largest absolute Gasteiger partial charge is 0.356 e. The Morgan fingerprint density at radius 2 is 2.07 bits per heavy atom. The maximum absolute atomic E-state index is 4.37. The number of halogens is 1. The predicted molar refractivity (Wildman–Crippen MR) is 64.7 cm³/mol. The number of hydrogen-bond acceptors (Lipinski definition) is 2. The number of aromatic nitrogens is 1. The molecule has 0 fully saturated rings. The minimum Gasteiger partial charge on any atom is -0.356 e. The molecule has 3 heteroatoms. The first-order chi connectivity index (χ1) is 6.70. The van der Waals surface area contributed by atoms with Crippen molar-refractivity contribution in [3.8, 4) is 0 Å². The predicted octanol–water partition coefficient (Wildman–Crippen LogP) is 3.47. The summed E-state index contributed by atoms with van der Waals surface area (Å²) in [5, 5.41) is 0. The molecule has 1 aromatic rings. The molecule has 0 spiro atoms. The lowest BCUT2D eigenvalue weighted by molar-refractivity contribution is 0.586. The van der Waals surface area contributed by atoms with E-state index >= 15 is 0 Å². The highest BCUT2D eigenvalue weighted by Gasteiger charge is 2.13. The van der Waals surface area contributed by atoms with Gasteiger partial charge >= 0.3 is 0 Å². The van der Waals surface area contributed by atoms with E-state index in [2.05, 4.69) is 46.7 Å². The van der Waals surface area contributed by atoms with E-state index in [4.69, 9.17) is 0 Å². The highest BCUT2D eigenvalue weighted by atomic mass is 79.9. The van der Waals surface area contributed by atoms with Crippen molar-refractivity contribution in [1.29, 1.82) is 0 Å². The van der Waals surface area contributed by atoms with Crippen LogP contribution in [0.4, 0.5) is 5.82 Å². The summed E-state index contributed by atoms with van der Waals surface area (Å²) in [6, 6.07) is 4.54. The molecule has 78 valence electrons. The van der Waals surface area contributed by atoms with Crippen molar-refractivity contribution >= 4 is 21.7 Å². The van der Waals surface area contributed by atoms with Crippen molar-refractivity contribution in [2.24, 2.45) is 0 Å². The molecule has 0 aromatic carbocycles. The highest BCUT2D eigenvalue weighted by Crippen LogP contribution is 2.24. The fourth-order valence-electron chi connectivity index (χ4n) is 1.65. The Morgan fingerprint density at radius 1 is 1.43 bits per heavy atom. The van der Waals surface area contributed by atoms with Crippen molar-refractivity contribution in [2.75, 3.05) is 11.9 Å². The van der Waals surface area contributed by atoms with Gasteiger partial charge in [-0.25, -0.2) is 4.98 Å².